The number of benzene rings is 4. The van der Waals surface area contributed by atoms with Gasteiger partial charge >= 0.3 is 0 Å². The Morgan fingerprint density at radius 2 is 1.27 bits per heavy atom. The van der Waals surface area contributed by atoms with E-state index in [2.05, 4.69) is 5.32 Å². The van der Waals surface area contributed by atoms with Gasteiger partial charge in [-0.2, -0.15) is 0 Å². The molecule has 1 heterocycles. The number of Topliss-reactive ketones (excluding diaryl/α,β-unsaturated/α-hetero) is 1. The van der Waals surface area contributed by atoms with Gasteiger partial charge in [0.05, 0.1) is 0 Å². The number of hydrogen-bond donors (Lipinski definition) is 1. The number of ketones is 1. The van der Waals surface area contributed by atoms with Crippen molar-refractivity contribution in [2.75, 3.05) is 27.2 Å². The lowest BCUT2D eigenvalue weighted by Gasteiger charge is -2.20. The molecule has 2 aliphatic rings. The number of rotatable bonds is 15. The highest BCUT2D eigenvalue weighted by molar-refractivity contribution is 6.08. The molecule has 1 aliphatic heterocycles. The molecular formula is C41H40N2O6. The van der Waals surface area contributed by atoms with E-state index in [1.54, 1.807) is 24.3 Å². The Morgan fingerprint density at radius 3 is 1.80 bits per heavy atom. The van der Waals surface area contributed by atoms with E-state index in [-0.39, 0.29) is 49.3 Å². The molecule has 0 fully saturated rings. The molecule has 8 heteroatoms. The first-order valence-electron chi connectivity index (χ1n) is 16.4. The molecule has 1 aliphatic carbocycles. The average Bonchev–Trinajstić information content (AvgIpc) is 3.57. The van der Waals surface area contributed by atoms with Crippen molar-refractivity contribution in [2.24, 2.45) is 5.92 Å². The molecule has 0 aromatic heterocycles. The van der Waals surface area contributed by atoms with Gasteiger partial charge in [-0.15, -0.1) is 0 Å². The van der Waals surface area contributed by atoms with Crippen LogP contribution in [0.2, 0.25) is 0 Å². The van der Waals surface area contributed by atoms with Crippen LogP contribution >= 0.6 is 0 Å². The Balaban J connectivity index is 1.30. The number of nitrogens with zero attached hydrogens (tertiary/aromatic N) is 1. The van der Waals surface area contributed by atoms with Gasteiger partial charge in [0.2, 0.25) is 11.5 Å². The van der Waals surface area contributed by atoms with Crippen LogP contribution in [0, 0.1) is 5.92 Å². The van der Waals surface area contributed by atoms with Crippen molar-refractivity contribution in [1.82, 2.24) is 10.2 Å². The van der Waals surface area contributed by atoms with E-state index in [0.29, 0.717) is 34.9 Å². The number of amides is 1. The summed E-state index contributed by atoms with van der Waals surface area (Å²) >= 11 is 0. The Labute approximate surface area is 287 Å². The smallest absolute Gasteiger partial charge is 0.251 e. The SMILES string of the molecule is CN(C)CCNC(=O)C1=CC2C=C(C(=O)c3cc(OCc4ccccc4)c(OCc4ccccc4)c(OCc4ccccc4)c3)OC2C=C1. The Bertz CT molecular complexity index is 1770. The summed E-state index contributed by atoms with van der Waals surface area (Å²) in [6.07, 6.45) is 6.81. The molecule has 0 saturated heterocycles. The first kappa shape index (κ1) is 33.3. The van der Waals surface area contributed by atoms with Crippen molar-refractivity contribution in [1.29, 1.82) is 0 Å². The first-order valence-corrected chi connectivity index (χ1v) is 16.4. The number of allylic oxidation sites excluding steroid dienone is 1. The molecule has 0 spiro atoms. The second-order valence-electron chi connectivity index (χ2n) is 12.2. The predicted molar refractivity (Wildman–Crippen MR) is 188 cm³/mol. The van der Waals surface area contributed by atoms with Gasteiger partial charge in [0.25, 0.3) is 5.91 Å². The number of fused-ring (bicyclic) bond motifs is 1. The Morgan fingerprint density at radius 1 is 0.735 bits per heavy atom. The number of ether oxygens (including phenoxy) is 4. The average molecular weight is 657 g/mol. The van der Waals surface area contributed by atoms with Crippen LogP contribution in [0.1, 0.15) is 27.0 Å². The van der Waals surface area contributed by atoms with Crippen LogP contribution in [0.15, 0.2) is 139 Å². The first-order chi connectivity index (χ1) is 23.9. The summed E-state index contributed by atoms with van der Waals surface area (Å²) in [6.45, 7) is 2.07. The highest BCUT2D eigenvalue weighted by Crippen LogP contribution is 2.42. The van der Waals surface area contributed by atoms with Gasteiger partial charge in [-0.25, -0.2) is 0 Å². The third-order valence-corrected chi connectivity index (χ3v) is 8.14. The minimum atomic E-state index is -0.381. The normalized spacial score (nSPS) is 16.2. The zero-order valence-corrected chi connectivity index (χ0v) is 27.7. The van der Waals surface area contributed by atoms with Crippen molar-refractivity contribution in [3.63, 3.8) is 0 Å². The summed E-state index contributed by atoms with van der Waals surface area (Å²) in [6, 6.07) is 32.8. The minimum Gasteiger partial charge on any atom is -0.485 e. The lowest BCUT2D eigenvalue weighted by Crippen LogP contribution is -2.33. The second-order valence-corrected chi connectivity index (χ2v) is 12.2. The van der Waals surface area contributed by atoms with Gasteiger partial charge in [-0.05, 0) is 55.1 Å². The second kappa shape index (κ2) is 16.0. The summed E-state index contributed by atoms with van der Waals surface area (Å²) in [5.74, 6) is 0.620. The molecule has 1 N–H and O–H groups in total. The molecule has 1 amide bonds. The standard InChI is InChI=1S/C41H40N2O6/c1-43(2)21-20-42-41(45)32-18-19-35-33(22-32)23-36(49-35)39(44)34-24-37(46-26-29-12-6-3-7-13-29)40(48-28-31-16-10-5-11-17-31)38(25-34)47-27-30-14-8-4-9-15-30/h3-19,22-25,33,35H,20-21,26-28H2,1-2H3,(H,42,45). The van der Waals surface area contributed by atoms with E-state index in [1.807, 2.05) is 122 Å². The Hall–Kier alpha value is -5.60. The van der Waals surface area contributed by atoms with E-state index in [1.165, 1.54) is 0 Å². The van der Waals surface area contributed by atoms with Crippen LogP contribution < -0.4 is 19.5 Å². The van der Waals surface area contributed by atoms with E-state index in [0.717, 1.165) is 23.2 Å². The van der Waals surface area contributed by atoms with Gasteiger partial charge in [0, 0.05) is 30.1 Å². The fraction of sp³-hybridized carbons (Fsp3) is 0.220. The molecular weight excluding hydrogens is 616 g/mol. The lowest BCUT2D eigenvalue weighted by atomic mass is 9.93. The number of carbonyl (C=O) groups excluding carboxylic acids is 2. The van der Waals surface area contributed by atoms with Gasteiger partial charge < -0.3 is 29.2 Å². The topological polar surface area (TPSA) is 86.3 Å². The number of carbonyl (C=O) groups is 2. The van der Waals surface area contributed by atoms with Crippen LogP contribution in [0.5, 0.6) is 17.2 Å². The summed E-state index contributed by atoms with van der Waals surface area (Å²) in [5.41, 5.74) is 3.78. The van der Waals surface area contributed by atoms with Crippen molar-refractivity contribution in [2.45, 2.75) is 25.9 Å². The molecule has 2 unspecified atom stereocenters. The molecule has 6 rings (SSSR count). The quantitative estimate of drug-likeness (QED) is 0.143. The monoisotopic (exact) mass is 656 g/mol. The number of nitrogens with one attached hydrogen (secondary N) is 1. The van der Waals surface area contributed by atoms with Crippen molar-refractivity contribution >= 4 is 11.7 Å². The summed E-state index contributed by atoms with van der Waals surface area (Å²) in [5, 5.41) is 2.94. The maximum Gasteiger partial charge on any atom is 0.251 e. The van der Waals surface area contributed by atoms with E-state index < -0.39 is 0 Å². The van der Waals surface area contributed by atoms with E-state index >= 15 is 0 Å². The molecule has 0 bridgehead atoms. The fourth-order valence-electron chi connectivity index (χ4n) is 5.49. The zero-order valence-electron chi connectivity index (χ0n) is 27.7. The molecule has 0 saturated carbocycles. The van der Waals surface area contributed by atoms with Crippen LogP contribution in [-0.2, 0) is 29.4 Å². The molecule has 2 atom stereocenters. The fourth-order valence-corrected chi connectivity index (χ4v) is 5.49. The van der Waals surface area contributed by atoms with Crippen molar-refractivity contribution in [3.8, 4) is 17.2 Å². The Kier molecular flexibility index (Phi) is 10.9. The van der Waals surface area contributed by atoms with E-state index in [9.17, 15) is 9.59 Å². The summed E-state index contributed by atoms with van der Waals surface area (Å²) in [7, 11) is 3.91. The molecule has 0 radical (unpaired) electrons. The number of hydrogen-bond acceptors (Lipinski definition) is 7. The van der Waals surface area contributed by atoms with Crippen LogP contribution in [0.25, 0.3) is 0 Å². The molecule has 4 aromatic carbocycles. The zero-order chi connectivity index (χ0) is 34.0. The van der Waals surface area contributed by atoms with Gasteiger partial charge in [-0.1, -0.05) is 103 Å². The maximum atomic E-state index is 14.1. The van der Waals surface area contributed by atoms with Crippen LogP contribution in [0.3, 0.4) is 0 Å². The third kappa shape index (κ3) is 8.86. The van der Waals surface area contributed by atoms with E-state index in [4.69, 9.17) is 18.9 Å². The third-order valence-electron chi connectivity index (χ3n) is 8.14. The van der Waals surface area contributed by atoms with Crippen molar-refractivity contribution in [3.05, 3.63) is 161 Å². The maximum absolute atomic E-state index is 14.1. The summed E-state index contributed by atoms with van der Waals surface area (Å²) < 4.78 is 25.2. The van der Waals surface area contributed by atoms with Gasteiger partial charge in [0.1, 0.15) is 25.9 Å². The number of likely N-dealkylation sites (N-methyl/N-ethyl adjacent to an activating group) is 1. The van der Waals surface area contributed by atoms with Crippen molar-refractivity contribution < 1.29 is 28.5 Å². The van der Waals surface area contributed by atoms with Crippen LogP contribution in [-0.4, -0.2) is 49.9 Å². The highest BCUT2D eigenvalue weighted by Gasteiger charge is 2.33. The molecule has 250 valence electrons. The van der Waals surface area contributed by atoms with Crippen LogP contribution in [0.4, 0.5) is 0 Å². The highest BCUT2D eigenvalue weighted by atomic mass is 16.5. The van der Waals surface area contributed by atoms with Gasteiger partial charge in [-0.3, -0.25) is 9.59 Å². The molecule has 4 aromatic rings. The summed E-state index contributed by atoms with van der Waals surface area (Å²) in [4.78, 5) is 28.9. The molecule has 49 heavy (non-hydrogen) atoms. The lowest BCUT2D eigenvalue weighted by molar-refractivity contribution is -0.117. The molecule has 8 nitrogen and oxygen atoms in total. The largest absolute Gasteiger partial charge is 0.485 e. The minimum absolute atomic E-state index is 0.156. The predicted octanol–water partition coefficient (Wildman–Crippen LogP) is 6.68. The van der Waals surface area contributed by atoms with Gasteiger partial charge in [0.15, 0.2) is 17.3 Å².